The van der Waals surface area contributed by atoms with E-state index in [0.29, 0.717) is 5.95 Å². The van der Waals surface area contributed by atoms with E-state index >= 15 is 0 Å². The molecule has 1 saturated heterocycles. The number of aliphatic hydroxyl groups is 1. The highest BCUT2D eigenvalue weighted by Gasteiger charge is 2.41. The number of rotatable bonds is 1. The number of aliphatic hydroxyl groups excluding tert-OH is 1. The van der Waals surface area contributed by atoms with Crippen molar-refractivity contribution < 1.29 is 5.11 Å². The molecule has 2 rings (SSSR count). The third-order valence-electron chi connectivity index (χ3n) is 2.99. The van der Waals surface area contributed by atoms with Crippen molar-refractivity contribution in [3.05, 3.63) is 16.0 Å². The highest BCUT2D eigenvalue weighted by molar-refractivity contribution is 14.1. The summed E-state index contributed by atoms with van der Waals surface area (Å²) in [6.45, 7) is 4.85. The maximum Gasteiger partial charge on any atom is 0.225 e. The predicted octanol–water partition coefficient (Wildman–Crippen LogP) is 1.43. The molecule has 0 spiro atoms. The van der Waals surface area contributed by atoms with Gasteiger partial charge in [0, 0.05) is 22.5 Å². The Morgan fingerprint density at radius 2 is 2.07 bits per heavy atom. The summed E-state index contributed by atoms with van der Waals surface area (Å²) in [4.78, 5) is 10.6. The van der Waals surface area contributed by atoms with Crippen molar-refractivity contribution in [2.24, 2.45) is 0 Å². The van der Waals surface area contributed by atoms with Gasteiger partial charge in [0.15, 0.2) is 0 Å². The lowest BCUT2D eigenvalue weighted by Crippen LogP contribution is -2.45. The maximum atomic E-state index is 9.84. The molecule has 1 atom stereocenters. The molecule has 2 heterocycles. The summed E-state index contributed by atoms with van der Waals surface area (Å²) < 4.78 is 1.02. The van der Waals surface area contributed by atoms with E-state index in [-0.39, 0.29) is 11.6 Å². The Kier molecular flexibility index (Phi) is 2.85. The zero-order chi connectivity index (χ0) is 11.1. The molecule has 1 fully saturated rings. The highest BCUT2D eigenvalue weighted by Crippen LogP contribution is 2.31. The smallest absolute Gasteiger partial charge is 0.225 e. The van der Waals surface area contributed by atoms with Crippen molar-refractivity contribution in [3.8, 4) is 0 Å². The third kappa shape index (κ3) is 1.94. The number of aromatic nitrogens is 2. The van der Waals surface area contributed by atoms with Gasteiger partial charge in [0.25, 0.3) is 0 Å². The molecule has 1 aromatic heterocycles. The van der Waals surface area contributed by atoms with E-state index < -0.39 is 0 Å². The normalized spacial score (nSPS) is 24.5. The van der Waals surface area contributed by atoms with Gasteiger partial charge in [0.1, 0.15) is 0 Å². The first-order chi connectivity index (χ1) is 7.01. The largest absolute Gasteiger partial charge is 0.391 e. The minimum absolute atomic E-state index is 0.271. The fraction of sp³-hybridized carbons (Fsp3) is 0.600. The molecule has 82 valence electrons. The number of hydrogen-bond donors (Lipinski definition) is 1. The average Bonchev–Trinajstić information content (AvgIpc) is 2.44. The zero-order valence-corrected chi connectivity index (χ0v) is 11.0. The molecule has 0 aromatic carbocycles. The minimum atomic E-state index is -0.305. The second-order valence-electron chi connectivity index (χ2n) is 4.31. The standard InChI is InChI=1S/C10H14IN3O/c1-10(2)8(15)3-4-14(10)9-12-5-7(11)6-13-9/h5-6,8,15H,3-4H2,1-2H3. The molecular weight excluding hydrogens is 305 g/mol. The molecule has 1 unspecified atom stereocenters. The van der Waals surface area contributed by atoms with E-state index in [9.17, 15) is 5.11 Å². The monoisotopic (exact) mass is 319 g/mol. The predicted molar refractivity (Wildman–Crippen MR) is 66.8 cm³/mol. The van der Waals surface area contributed by atoms with Crippen LogP contribution < -0.4 is 4.90 Å². The van der Waals surface area contributed by atoms with E-state index in [4.69, 9.17) is 0 Å². The Labute approximate surface area is 103 Å². The van der Waals surface area contributed by atoms with E-state index in [1.54, 1.807) is 12.4 Å². The molecule has 1 N–H and O–H groups in total. The molecule has 1 aliphatic rings. The van der Waals surface area contributed by atoms with E-state index in [1.165, 1.54) is 0 Å². The first kappa shape index (κ1) is 11.1. The second-order valence-corrected chi connectivity index (χ2v) is 5.56. The second kappa shape index (κ2) is 3.86. The summed E-state index contributed by atoms with van der Waals surface area (Å²) in [6, 6.07) is 0. The molecule has 0 amide bonds. The van der Waals surface area contributed by atoms with Crippen LogP contribution in [-0.4, -0.2) is 33.3 Å². The summed E-state index contributed by atoms with van der Waals surface area (Å²) in [6.07, 6.45) is 4.07. The SMILES string of the molecule is CC1(C)C(O)CCN1c1ncc(I)cn1. The first-order valence-corrected chi connectivity index (χ1v) is 6.03. The third-order valence-corrected chi connectivity index (χ3v) is 3.54. The molecule has 0 radical (unpaired) electrons. The molecular formula is C10H14IN3O. The van der Waals surface area contributed by atoms with Crippen molar-refractivity contribution >= 4 is 28.5 Å². The Morgan fingerprint density at radius 1 is 1.47 bits per heavy atom. The van der Waals surface area contributed by atoms with Crippen molar-refractivity contribution in [2.45, 2.75) is 31.9 Å². The lowest BCUT2D eigenvalue weighted by molar-refractivity contribution is 0.127. The summed E-state index contributed by atoms with van der Waals surface area (Å²) in [5.41, 5.74) is -0.271. The van der Waals surface area contributed by atoms with Gasteiger partial charge >= 0.3 is 0 Å². The molecule has 0 saturated carbocycles. The van der Waals surface area contributed by atoms with Gasteiger partial charge in [0.05, 0.1) is 11.6 Å². The van der Waals surface area contributed by atoms with Crippen LogP contribution >= 0.6 is 22.6 Å². The van der Waals surface area contributed by atoms with Crippen LogP contribution in [0.4, 0.5) is 5.95 Å². The number of anilines is 1. The summed E-state index contributed by atoms with van der Waals surface area (Å²) in [7, 11) is 0. The van der Waals surface area contributed by atoms with Crippen LogP contribution in [0.1, 0.15) is 20.3 Å². The molecule has 4 nitrogen and oxygen atoms in total. The van der Waals surface area contributed by atoms with Crippen molar-refractivity contribution in [3.63, 3.8) is 0 Å². The van der Waals surface area contributed by atoms with Gasteiger partial charge in [-0.2, -0.15) is 0 Å². The summed E-state index contributed by atoms with van der Waals surface area (Å²) in [5, 5.41) is 9.84. The van der Waals surface area contributed by atoms with Crippen LogP contribution in [0.15, 0.2) is 12.4 Å². The molecule has 1 aromatic rings. The van der Waals surface area contributed by atoms with Crippen molar-refractivity contribution in [1.29, 1.82) is 0 Å². The molecule has 1 aliphatic heterocycles. The van der Waals surface area contributed by atoms with Crippen molar-refractivity contribution in [2.75, 3.05) is 11.4 Å². The van der Waals surface area contributed by atoms with Gasteiger partial charge in [-0.3, -0.25) is 0 Å². The lowest BCUT2D eigenvalue weighted by Gasteiger charge is -2.33. The van der Waals surface area contributed by atoms with E-state index in [0.717, 1.165) is 16.5 Å². The van der Waals surface area contributed by atoms with Crippen LogP contribution in [0.25, 0.3) is 0 Å². The van der Waals surface area contributed by atoms with Crippen LogP contribution in [0, 0.1) is 3.57 Å². The number of nitrogens with zero attached hydrogens (tertiary/aromatic N) is 3. The van der Waals surface area contributed by atoms with Gasteiger partial charge in [0.2, 0.25) is 5.95 Å². The quantitative estimate of drug-likeness (QED) is 0.796. The van der Waals surface area contributed by atoms with Crippen LogP contribution in [0.3, 0.4) is 0 Å². The topological polar surface area (TPSA) is 49.2 Å². The van der Waals surface area contributed by atoms with Crippen LogP contribution in [0.2, 0.25) is 0 Å². The number of halogens is 1. The van der Waals surface area contributed by atoms with E-state index in [2.05, 4.69) is 37.5 Å². The molecule has 5 heteroatoms. The average molecular weight is 319 g/mol. The molecule has 15 heavy (non-hydrogen) atoms. The van der Waals surface area contributed by atoms with Gasteiger partial charge < -0.3 is 10.0 Å². The van der Waals surface area contributed by atoms with Crippen LogP contribution in [0.5, 0.6) is 0 Å². The van der Waals surface area contributed by atoms with E-state index in [1.807, 2.05) is 13.8 Å². The Hall–Kier alpha value is -0.430. The fourth-order valence-corrected chi connectivity index (χ4v) is 2.15. The van der Waals surface area contributed by atoms with Gasteiger partial charge in [-0.05, 0) is 42.9 Å². The van der Waals surface area contributed by atoms with Gasteiger partial charge in [-0.1, -0.05) is 0 Å². The fourth-order valence-electron chi connectivity index (χ4n) is 1.88. The number of hydrogen-bond acceptors (Lipinski definition) is 4. The first-order valence-electron chi connectivity index (χ1n) is 4.95. The minimum Gasteiger partial charge on any atom is -0.391 e. The Morgan fingerprint density at radius 3 is 2.53 bits per heavy atom. The molecule has 0 bridgehead atoms. The zero-order valence-electron chi connectivity index (χ0n) is 8.81. The Bertz CT molecular complexity index is 352. The van der Waals surface area contributed by atoms with Crippen LogP contribution in [-0.2, 0) is 0 Å². The van der Waals surface area contributed by atoms with Gasteiger partial charge in [-0.15, -0.1) is 0 Å². The maximum absolute atomic E-state index is 9.84. The summed E-state index contributed by atoms with van der Waals surface area (Å²) >= 11 is 2.18. The molecule has 0 aliphatic carbocycles. The Balaban J connectivity index is 2.28. The summed E-state index contributed by atoms with van der Waals surface area (Å²) in [5.74, 6) is 0.706. The lowest BCUT2D eigenvalue weighted by atomic mass is 9.99. The van der Waals surface area contributed by atoms with Crippen molar-refractivity contribution in [1.82, 2.24) is 9.97 Å². The van der Waals surface area contributed by atoms with Gasteiger partial charge in [-0.25, -0.2) is 9.97 Å². The highest BCUT2D eigenvalue weighted by atomic mass is 127.